The molecule has 1 heterocycles. The smallest absolute Gasteiger partial charge is 0.263 e. The zero-order valence-corrected chi connectivity index (χ0v) is 12.1. The van der Waals surface area contributed by atoms with E-state index in [-0.39, 0.29) is 6.10 Å². The van der Waals surface area contributed by atoms with E-state index < -0.39 is 11.9 Å². The Labute approximate surface area is 116 Å². The summed E-state index contributed by atoms with van der Waals surface area (Å²) in [4.78, 5) is 0. The van der Waals surface area contributed by atoms with E-state index in [1.165, 1.54) is 32.1 Å². The van der Waals surface area contributed by atoms with Crippen molar-refractivity contribution < 1.29 is 14.9 Å². The summed E-state index contributed by atoms with van der Waals surface area (Å²) in [7, 11) is 0. The van der Waals surface area contributed by atoms with Gasteiger partial charge in [0, 0.05) is 0 Å². The number of epoxide rings is 1. The van der Waals surface area contributed by atoms with Crippen LogP contribution in [0.3, 0.4) is 0 Å². The van der Waals surface area contributed by atoms with Crippen LogP contribution in [0.2, 0.25) is 0 Å². The number of rotatable bonds is 8. The number of hydrogen-bond donors (Lipinski definition) is 2. The summed E-state index contributed by atoms with van der Waals surface area (Å²) in [5, 5.41) is 19.1. The Morgan fingerprint density at radius 2 is 2.00 bits per heavy atom. The van der Waals surface area contributed by atoms with Crippen LogP contribution < -0.4 is 0 Å². The fourth-order valence-electron chi connectivity index (χ4n) is 1.80. The molecule has 2 N–H and O–H groups in total. The van der Waals surface area contributed by atoms with Crippen LogP contribution in [-0.4, -0.2) is 28.2 Å². The summed E-state index contributed by atoms with van der Waals surface area (Å²) in [6, 6.07) is 0. The molecule has 3 heteroatoms. The van der Waals surface area contributed by atoms with Crippen LogP contribution >= 0.6 is 0 Å². The quantitative estimate of drug-likeness (QED) is 0.307. The Morgan fingerprint density at radius 3 is 2.68 bits per heavy atom. The van der Waals surface area contributed by atoms with E-state index in [1.54, 1.807) is 0 Å². The molecule has 1 rings (SSSR count). The maximum Gasteiger partial charge on any atom is 0.263 e. The van der Waals surface area contributed by atoms with Crippen LogP contribution in [-0.2, 0) is 4.74 Å². The highest BCUT2D eigenvalue weighted by Crippen LogP contribution is 2.34. The Balaban J connectivity index is 2.16. The van der Waals surface area contributed by atoms with Crippen molar-refractivity contribution in [3.8, 4) is 11.8 Å². The van der Waals surface area contributed by atoms with Crippen LogP contribution in [0, 0.1) is 11.8 Å². The fraction of sp³-hybridized carbons (Fsp3) is 0.750. The molecule has 3 nitrogen and oxygen atoms in total. The first-order chi connectivity index (χ1) is 9.12. The molecule has 19 heavy (non-hydrogen) atoms. The molecule has 3 atom stereocenters. The van der Waals surface area contributed by atoms with Crippen molar-refractivity contribution in [2.24, 2.45) is 0 Å². The first-order valence-corrected chi connectivity index (χ1v) is 7.40. The van der Waals surface area contributed by atoms with E-state index in [4.69, 9.17) is 4.74 Å². The molecule has 0 aromatic heterocycles. The summed E-state index contributed by atoms with van der Waals surface area (Å²) in [5.41, 5.74) is 0. The highest BCUT2D eigenvalue weighted by atomic mass is 16.7. The van der Waals surface area contributed by atoms with Crippen LogP contribution in [0.1, 0.15) is 58.8 Å². The van der Waals surface area contributed by atoms with Crippen molar-refractivity contribution >= 4 is 0 Å². The van der Waals surface area contributed by atoms with Gasteiger partial charge in [0.2, 0.25) is 0 Å². The lowest BCUT2D eigenvalue weighted by Gasteiger charge is -1.96. The lowest BCUT2D eigenvalue weighted by atomic mass is 10.1. The van der Waals surface area contributed by atoms with E-state index in [1.807, 2.05) is 19.1 Å². The lowest BCUT2D eigenvalue weighted by molar-refractivity contribution is 0.0910. The van der Waals surface area contributed by atoms with Crippen LogP contribution in [0.4, 0.5) is 0 Å². The largest absolute Gasteiger partial charge is 0.380 e. The number of unbranched alkanes of at least 4 members (excludes halogenated alkanes) is 5. The molecule has 1 saturated heterocycles. The summed E-state index contributed by atoms with van der Waals surface area (Å²) in [6.45, 7) is 4.05. The molecule has 108 valence electrons. The third kappa shape index (κ3) is 6.24. The van der Waals surface area contributed by atoms with Gasteiger partial charge in [-0.05, 0) is 25.2 Å². The Bertz CT molecular complexity index is 340. The molecule has 0 aromatic rings. The molecule has 0 bridgehead atoms. The third-order valence-corrected chi connectivity index (χ3v) is 3.22. The average Bonchev–Trinajstić information content (AvgIpc) is 3.06. The molecular weight excluding hydrogens is 240 g/mol. The SMILES string of the molecule is CCCCCCCC=C[C@@H]1O[C@]1(O)C#C[C@@H](O)CC. The second kappa shape index (κ2) is 8.37. The predicted molar refractivity (Wildman–Crippen MR) is 76.4 cm³/mol. The van der Waals surface area contributed by atoms with Crippen molar-refractivity contribution in [3.63, 3.8) is 0 Å². The van der Waals surface area contributed by atoms with Crippen LogP contribution in [0.5, 0.6) is 0 Å². The molecule has 0 amide bonds. The van der Waals surface area contributed by atoms with Crippen LogP contribution in [0.15, 0.2) is 12.2 Å². The Hall–Kier alpha value is -0.820. The van der Waals surface area contributed by atoms with Gasteiger partial charge >= 0.3 is 0 Å². The van der Waals surface area contributed by atoms with Gasteiger partial charge in [-0.25, -0.2) is 0 Å². The normalized spacial score (nSPS) is 27.1. The Morgan fingerprint density at radius 1 is 1.26 bits per heavy atom. The van der Waals surface area contributed by atoms with E-state index in [9.17, 15) is 10.2 Å². The van der Waals surface area contributed by atoms with E-state index >= 15 is 0 Å². The van der Waals surface area contributed by atoms with Gasteiger partial charge in [0.25, 0.3) is 5.79 Å². The van der Waals surface area contributed by atoms with E-state index in [2.05, 4.69) is 18.8 Å². The second-order valence-corrected chi connectivity index (χ2v) is 5.06. The molecule has 1 fully saturated rings. The highest BCUT2D eigenvalue weighted by Gasteiger charge is 2.53. The van der Waals surface area contributed by atoms with Crippen molar-refractivity contribution in [2.45, 2.75) is 76.8 Å². The average molecular weight is 266 g/mol. The standard InChI is InChI=1S/C16H26O3/c1-3-5-6-7-8-9-10-11-15-16(18,19-15)13-12-14(17)4-2/h10-11,14-15,17-18H,3-9H2,1-2H3/t14-,15-,16+/m0/s1. The summed E-state index contributed by atoms with van der Waals surface area (Å²) in [5.74, 6) is 3.80. The number of hydrogen-bond acceptors (Lipinski definition) is 3. The minimum absolute atomic E-state index is 0.334. The number of allylic oxidation sites excluding steroid dienone is 1. The minimum atomic E-state index is -1.37. The molecule has 0 saturated carbocycles. The second-order valence-electron chi connectivity index (χ2n) is 5.06. The first-order valence-electron chi connectivity index (χ1n) is 7.40. The predicted octanol–water partition coefficient (Wildman–Crippen LogP) is 2.76. The fourth-order valence-corrected chi connectivity index (χ4v) is 1.80. The van der Waals surface area contributed by atoms with Gasteiger partial charge in [-0.2, -0.15) is 0 Å². The summed E-state index contributed by atoms with van der Waals surface area (Å²) in [6.07, 6.45) is 10.8. The Kier molecular flexibility index (Phi) is 7.15. The highest BCUT2D eigenvalue weighted by molar-refractivity contribution is 5.25. The van der Waals surface area contributed by atoms with Gasteiger partial charge in [0.1, 0.15) is 12.2 Å². The number of aliphatic hydroxyl groups excluding tert-OH is 1. The van der Waals surface area contributed by atoms with Crippen molar-refractivity contribution in [1.82, 2.24) is 0 Å². The summed E-state index contributed by atoms with van der Waals surface area (Å²) >= 11 is 0. The van der Waals surface area contributed by atoms with Crippen molar-refractivity contribution in [2.75, 3.05) is 0 Å². The summed E-state index contributed by atoms with van der Waals surface area (Å²) < 4.78 is 5.13. The monoisotopic (exact) mass is 266 g/mol. The van der Waals surface area contributed by atoms with Gasteiger partial charge in [0.15, 0.2) is 0 Å². The minimum Gasteiger partial charge on any atom is -0.380 e. The molecule has 0 spiro atoms. The maximum absolute atomic E-state index is 9.85. The zero-order valence-electron chi connectivity index (χ0n) is 12.1. The molecule has 1 aliphatic heterocycles. The van der Waals surface area contributed by atoms with Crippen LogP contribution in [0.25, 0.3) is 0 Å². The third-order valence-electron chi connectivity index (χ3n) is 3.22. The molecular formula is C16H26O3. The molecule has 0 aromatic carbocycles. The zero-order chi connectivity index (χ0) is 14.1. The maximum atomic E-state index is 9.85. The van der Waals surface area contributed by atoms with Gasteiger partial charge < -0.3 is 14.9 Å². The number of aliphatic hydroxyl groups is 2. The van der Waals surface area contributed by atoms with Gasteiger partial charge in [-0.3, -0.25) is 0 Å². The van der Waals surface area contributed by atoms with Gasteiger partial charge in [-0.1, -0.05) is 57.6 Å². The molecule has 0 unspecified atom stereocenters. The lowest BCUT2D eigenvalue weighted by Crippen LogP contribution is -2.11. The number of ether oxygens (including phenoxy) is 1. The van der Waals surface area contributed by atoms with E-state index in [0.717, 1.165) is 6.42 Å². The van der Waals surface area contributed by atoms with Gasteiger partial charge in [0.05, 0.1) is 0 Å². The van der Waals surface area contributed by atoms with Gasteiger partial charge in [-0.15, -0.1) is 0 Å². The first kappa shape index (κ1) is 16.2. The molecule has 0 aliphatic carbocycles. The molecule has 1 aliphatic rings. The topological polar surface area (TPSA) is 53.0 Å². The van der Waals surface area contributed by atoms with Crippen molar-refractivity contribution in [1.29, 1.82) is 0 Å². The van der Waals surface area contributed by atoms with Crippen molar-refractivity contribution in [3.05, 3.63) is 12.2 Å². The van der Waals surface area contributed by atoms with E-state index in [0.29, 0.717) is 6.42 Å². The molecule has 0 radical (unpaired) electrons.